The molecule has 2 aliphatic heterocycles. The molecule has 0 radical (unpaired) electrons. The molecular weight excluding hydrogens is 634 g/mol. The van der Waals surface area contributed by atoms with Crippen LogP contribution in [0.25, 0.3) is 11.3 Å². The molecule has 9 atom stereocenters. The van der Waals surface area contributed by atoms with E-state index >= 15 is 0 Å². The maximum atomic E-state index is 12.5. The van der Waals surface area contributed by atoms with E-state index in [0.717, 1.165) is 23.8 Å². The minimum absolute atomic E-state index is 0.0504. The van der Waals surface area contributed by atoms with Crippen LogP contribution in [0.4, 0.5) is 0 Å². The van der Waals surface area contributed by atoms with Crippen molar-refractivity contribution in [2.24, 2.45) is 17.8 Å². The summed E-state index contributed by atoms with van der Waals surface area (Å²) in [7, 11) is 1.23. The number of carbonyl (C=O) groups is 2. The summed E-state index contributed by atoms with van der Waals surface area (Å²) in [4.78, 5) is 29.4. The highest BCUT2D eigenvalue weighted by atomic mass is 16.7. The molecule has 2 bridgehead atoms. The lowest BCUT2D eigenvalue weighted by molar-refractivity contribution is -0.372. The standard InChI is InChI=1S/C37H50NO11/c1-4-22-24(18-31(41)42)23(33(43)46-3)12-13-28(22)47-35-36(45)15-14-26-25-17-27(20(2)21-9-6-5-7-10-21)38-32(25)29(11-8-16-39)49-37(26,34(36)44)30(19-40)48-35/h4,12,17,20-22,24,28,30,34-35,39-40,44-45H,1,5-11,13-16,18-19H2,2-3H3,(H,41,42)/q-1. The first-order valence-electron chi connectivity index (χ1n) is 17.7. The van der Waals surface area contributed by atoms with E-state index in [0.29, 0.717) is 41.9 Å². The van der Waals surface area contributed by atoms with Crippen molar-refractivity contribution in [1.82, 2.24) is 4.98 Å². The van der Waals surface area contributed by atoms with Crippen LogP contribution in [-0.2, 0) is 28.5 Å². The molecule has 6 rings (SSSR count). The molecule has 1 spiro atoms. The second kappa shape index (κ2) is 14.3. The molecule has 270 valence electrons. The van der Waals surface area contributed by atoms with Crippen LogP contribution in [0.5, 0.6) is 0 Å². The van der Waals surface area contributed by atoms with E-state index in [-0.39, 0.29) is 37.4 Å². The first-order valence-corrected chi connectivity index (χ1v) is 17.7. The van der Waals surface area contributed by atoms with Crippen molar-refractivity contribution in [2.45, 2.75) is 119 Å². The zero-order valence-electron chi connectivity index (χ0n) is 28.4. The van der Waals surface area contributed by atoms with E-state index in [1.165, 1.54) is 32.4 Å². The summed E-state index contributed by atoms with van der Waals surface area (Å²) in [6.45, 7) is 5.45. The molecule has 0 amide bonds. The average molecular weight is 685 g/mol. The molecular formula is C37H50NO11-. The van der Waals surface area contributed by atoms with E-state index in [2.05, 4.69) is 19.6 Å². The fourth-order valence-electron chi connectivity index (χ4n) is 9.11. The molecule has 5 aliphatic rings. The fourth-order valence-corrected chi connectivity index (χ4v) is 9.11. The Morgan fingerprint density at radius 3 is 2.63 bits per heavy atom. The van der Waals surface area contributed by atoms with Crippen LogP contribution in [0.2, 0.25) is 0 Å². The molecule has 12 heteroatoms. The van der Waals surface area contributed by atoms with Gasteiger partial charge < -0.3 is 49.5 Å². The number of nitrogens with zero attached hydrogens (tertiary/aromatic N) is 1. The van der Waals surface area contributed by atoms with Gasteiger partial charge in [0.05, 0.1) is 32.0 Å². The van der Waals surface area contributed by atoms with Crippen molar-refractivity contribution in [3.63, 3.8) is 0 Å². The van der Waals surface area contributed by atoms with Crippen molar-refractivity contribution in [2.75, 3.05) is 20.3 Å². The third-order valence-corrected chi connectivity index (χ3v) is 11.8. The number of carbonyl (C=O) groups excluding carboxylic acids is 1. The number of carboxylic acid groups (broad SMARTS) is 1. The maximum Gasteiger partial charge on any atom is 0.333 e. The molecule has 5 N–H and O–H groups in total. The summed E-state index contributed by atoms with van der Waals surface area (Å²) >= 11 is 0. The Balaban J connectivity index is 1.37. The van der Waals surface area contributed by atoms with E-state index in [9.17, 15) is 35.1 Å². The number of aromatic nitrogens is 1. The molecule has 9 unspecified atom stereocenters. The fraction of sp³-hybridized carbons (Fsp3) is 0.676. The van der Waals surface area contributed by atoms with Crippen LogP contribution in [-0.4, -0.2) is 93.6 Å². The highest BCUT2D eigenvalue weighted by Gasteiger charge is 2.69. The lowest BCUT2D eigenvalue weighted by Crippen LogP contribution is -2.78. The molecule has 1 saturated heterocycles. The molecule has 2 saturated carbocycles. The number of hydrogen-bond donors (Lipinski definition) is 5. The molecule has 1 aromatic heterocycles. The Morgan fingerprint density at radius 1 is 1.22 bits per heavy atom. The minimum atomic E-state index is -1.98. The number of hydrogen-bond acceptors (Lipinski definition) is 10. The van der Waals surface area contributed by atoms with Gasteiger partial charge in [0.1, 0.15) is 17.8 Å². The van der Waals surface area contributed by atoms with Crippen LogP contribution < -0.4 is 15.6 Å². The van der Waals surface area contributed by atoms with E-state index in [4.69, 9.17) is 23.9 Å². The van der Waals surface area contributed by atoms with Gasteiger partial charge in [0.15, 0.2) is 11.9 Å². The van der Waals surface area contributed by atoms with Gasteiger partial charge in [-0.25, -0.2) is 4.79 Å². The Kier molecular flexibility index (Phi) is 10.5. The Hall–Kier alpha value is -3.00. The summed E-state index contributed by atoms with van der Waals surface area (Å²) in [6.07, 6.45) is 4.96. The lowest BCUT2D eigenvalue weighted by atomic mass is 9.63. The largest absolute Gasteiger partial charge is 0.658 e. The second-order valence-corrected chi connectivity index (χ2v) is 14.4. The van der Waals surface area contributed by atoms with Crippen LogP contribution >= 0.6 is 0 Å². The predicted molar refractivity (Wildman–Crippen MR) is 176 cm³/mol. The molecule has 3 aliphatic carbocycles. The number of aliphatic hydroxyl groups is 4. The molecule has 3 heterocycles. The summed E-state index contributed by atoms with van der Waals surface area (Å²) in [6, 6.07) is 2.08. The van der Waals surface area contributed by atoms with Crippen LogP contribution in [0.15, 0.2) is 30.4 Å². The van der Waals surface area contributed by atoms with Crippen molar-refractivity contribution in [1.29, 1.82) is 0 Å². The number of fused-ring (bicyclic) bond motifs is 2. The minimum Gasteiger partial charge on any atom is -0.658 e. The van der Waals surface area contributed by atoms with Gasteiger partial charge in [0, 0.05) is 30.4 Å². The van der Waals surface area contributed by atoms with Crippen molar-refractivity contribution in [3.05, 3.63) is 46.6 Å². The monoisotopic (exact) mass is 684 g/mol. The summed E-state index contributed by atoms with van der Waals surface area (Å²) in [5.74, 6) is -2.04. The first-order chi connectivity index (χ1) is 23.5. The Morgan fingerprint density at radius 2 is 1.98 bits per heavy atom. The molecule has 0 aromatic carbocycles. The van der Waals surface area contributed by atoms with Gasteiger partial charge in [-0.15, -0.1) is 6.58 Å². The number of esters is 1. The van der Waals surface area contributed by atoms with Gasteiger partial charge >= 0.3 is 11.9 Å². The summed E-state index contributed by atoms with van der Waals surface area (Å²) in [5, 5.41) is 56.2. The molecule has 3 fully saturated rings. The predicted octanol–water partition coefficient (Wildman–Crippen LogP) is 1.51. The van der Waals surface area contributed by atoms with E-state index < -0.39 is 66.2 Å². The normalized spacial score (nSPS) is 35.0. The molecule has 12 nitrogen and oxygen atoms in total. The number of carboxylic acids is 1. The topological polar surface area (TPSA) is 186 Å². The first kappa shape index (κ1) is 35.8. The van der Waals surface area contributed by atoms with Crippen LogP contribution in [0.3, 0.4) is 0 Å². The van der Waals surface area contributed by atoms with Crippen molar-refractivity contribution < 1.29 is 54.1 Å². The zero-order valence-corrected chi connectivity index (χ0v) is 28.4. The number of aliphatic hydroxyl groups excluding tert-OH is 3. The smallest absolute Gasteiger partial charge is 0.333 e. The Labute approximate surface area is 286 Å². The van der Waals surface area contributed by atoms with Crippen molar-refractivity contribution >= 4 is 23.3 Å². The summed E-state index contributed by atoms with van der Waals surface area (Å²) < 4.78 is 24.4. The number of ether oxygens (including phenoxy) is 4. The van der Waals surface area contributed by atoms with Gasteiger partial charge in [-0.2, -0.15) is 5.69 Å². The third-order valence-electron chi connectivity index (χ3n) is 11.8. The maximum absolute atomic E-state index is 12.5. The SMILES string of the molecule is C=CC1C(OC2OC(CO)C34OC(CCCO)=c5[n-]c(C(C)C6CCCCC6)cc5=C3CCC2(O)C4O)CC=C(C(=O)OC)C1CC(=O)O. The highest BCUT2D eigenvalue weighted by molar-refractivity contribution is 5.90. The number of aliphatic carboxylic acids is 1. The van der Waals surface area contributed by atoms with Crippen LogP contribution in [0.1, 0.15) is 89.2 Å². The Bertz CT molecular complexity index is 1580. The highest BCUT2D eigenvalue weighted by Crippen LogP contribution is 2.54. The second-order valence-electron chi connectivity index (χ2n) is 14.4. The van der Waals surface area contributed by atoms with Crippen molar-refractivity contribution in [3.8, 4) is 0 Å². The lowest BCUT2D eigenvalue weighted by Gasteiger charge is -2.60. The van der Waals surface area contributed by atoms with E-state index in [1.807, 2.05) is 0 Å². The quantitative estimate of drug-likeness (QED) is 0.158. The van der Waals surface area contributed by atoms with Gasteiger partial charge in [-0.3, -0.25) is 4.79 Å². The summed E-state index contributed by atoms with van der Waals surface area (Å²) in [5.41, 5.74) is -1.76. The van der Waals surface area contributed by atoms with Gasteiger partial charge in [-0.1, -0.05) is 49.8 Å². The zero-order chi connectivity index (χ0) is 35.1. The van der Waals surface area contributed by atoms with Gasteiger partial charge in [-0.05, 0) is 61.2 Å². The van der Waals surface area contributed by atoms with E-state index in [1.54, 1.807) is 6.08 Å². The van der Waals surface area contributed by atoms with Gasteiger partial charge in [0.25, 0.3) is 0 Å². The van der Waals surface area contributed by atoms with Crippen LogP contribution in [0, 0.1) is 17.8 Å². The number of methoxy groups -OCH3 is 1. The van der Waals surface area contributed by atoms with Gasteiger partial charge in [0.2, 0.25) is 0 Å². The molecule has 49 heavy (non-hydrogen) atoms. The average Bonchev–Trinajstić information content (AvgIpc) is 3.55. The molecule has 1 aromatic rings. The third kappa shape index (κ3) is 6.08. The number of rotatable bonds is 12.